The minimum Gasteiger partial charge on any atom is -0.349 e. The van der Waals surface area contributed by atoms with E-state index in [4.69, 9.17) is 0 Å². The molecule has 1 aliphatic rings. The molecular formula is C15H20BrNOS. The van der Waals surface area contributed by atoms with Crippen LogP contribution in [0.5, 0.6) is 0 Å². The Kier molecular flexibility index (Phi) is 5.34. The van der Waals surface area contributed by atoms with Gasteiger partial charge in [0.05, 0.1) is 5.56 Å². The Hall–Kier alpha value is -0.480. The van der Waals surface area contributed by atoms with Crippen molar-refractivity contribution in [3.05, 3.63) is 28.2 Å². The van der Waals surface area contributed by atoms with Gasteiger partial charge >= 0.3 is 0 Å². The maximum Gasteiger partial charge on any atom is 0.252 e. The van der Waals surface area contributed by atoms with Gasteiger partial charge in [-0.15, -0.1) is 12.6 Å². The van der Waals surface area contributed by atoms with Crippen molar-refractivity contribution in [1.82, 2.24) is 5.32 Å². The van der Waals surface area contributed by atoms with E-state index in [9.17, 15) is 4.79 Å². The van der Waals surface area contributed by atoms with Crippen molar-refractivity contribution in [1.29, 1.82) is 0 Å². The number of carbonyl (C=O) groups excluding carboxylic acids is 1. The molecule has 1 saturated carbocycles. The number of carbonyl (C=O) groups is 1. The molecular weight excluding hydrogens is 322 g/mol. The molecule has 1 aromatic rings. The normalized spacial score (nSPS) is 18.1. The summed E-state index contributed by atoms with van der Waals surface area (Å²) in [5.74, 6) is 0.604. The minimum atomic E-state index is -0.0180. The number of benzene rings is 1. The van der Waals surface area contributed by atoms with Crippen LogP contribution in [0, 0.1) is 5.92 Å². The van der Waals surface area contributed by atoms with Crippen LogP contribution in [0.2, 0.25) is 0 Å². The van der Waals surface area contributed by atoms with Crippen LogP contribution in [0.1, 0.15) is 49.4 Å². The Bertz CT molecular complexity index is 457. The van der Waals surface area contributed by atoms with Crippen molar-refractivity contribution in [3.8, 4) is 0 Å². The highest BCUT2D eigenvalue weighted by Gasteiger charge is 2.22. The Balaban J connectivity index is 1.99. The molecule has 19 heavy (non-hydrogen) atoms. The number of hydrogen-bond acceptors (Lipinski definition) is 2. The first-order valence-electron chi connectivity index (χ1n) is 6.87. The zero-order chi connectivity index (χ0) is 13.8. The van der Waals surface area contributed by atoms with Crippen LogP contribution in [0.25, 0.3) is 0 Å². The number of amides is 1. The van der Waals surface area contributed by atoms with Crippen LogP contribution < -0.4 is 5.32 Å². The maximum absolute atomic E-state index is 12.3. The van der Waals surface area contributed by atoms with E-state index in [1.807, 2.05) is 18.2 Å². The van der Waals surface area contributed by atoms with E-state index in [0.29, 0.717) is 16.4 Å². The van der Waals surface area contributed by atoms with E-state index in [-0.39, 0.29) is 11.9 Å². The van der Waals surface area contributed by atoms with Gasteiger partial charge in [0.1, 0.15) is 0 Å². The molecule has 1 aromatic carbocycles. The van der Waals surface area contributed by atoms with E-state index >= 15 is 0 Å². The fraction of sp³-hybridized carbons (Fsp3) is 0.533. The first-order valence-corrected chi connectivity index (χ1v) is 8.11. The smallest absolute Gasteiger partial charge is 0.252 e. The van der Waals surface area contributed by atoms with Gasteiger partial charge < -0.3 is 5.32 Å². The highest BCUT2D eigenvalue weighted by atomic mass is 79.9. The molecule has 1 fully saturated rings. The predicted octanol–water partition coefficient (Wildman–Crippen LogP) is 4.44. The summed E-state index contributed by atoms with van der Waals surface area (Å²) in [5, 5.41) is 3.12. The summed E-state index contributed by atoms with van der Waals surface area (Å²) in [5.41, 5.74) is 0.647. The second-order valence-corrected chi connectivity index (χ2v) is 6.72. The number of rotatable bonds is 3. The van der Waals surface area contributed by atoms with Crippen LogP contribution in [0.4, 0.5) is 0 Å². The van der Waals surface area contributed by atoms with Gasteiger partial charge in [-0.3, -0.25) is 4.79 Å². The molecule has 0 spiro atoms. The predicted molar refractivity (Wildman–Crippen MR) is 84.9 cm³/mol. The third kappa shape index (κ3) is 3.99. The zero-order valence-electron chi connectivity index (χ0n) is 11.2. The second-order valence-electron chi connectivity index (χ2n) is 5.32. The maximum atomic E-state index is 12.3. The fourth-order valence-corrected chi connectivity index (χ4v) is 3.59. The average Bonchev–Trinajstić information content (AvgIpc) is 2.39. The molecule has 0 bridgehead atoms. The first kappa shape index (κ1) is 14.9. The molecule has 1 amide bonds. The molecule has 104 valence electrons. The zero-order valence-corrected chi connectivity index (χ0v) is 13.6. The largest absolute Gasteiger partial charge is 0.349 e. The van der Waals surface area contributed by atoms with Gasteiger partial charge in [-0.1, -0.05) is 35.2 Å². The quantitative estimate of drug-likeness (QED) is 0.782. The first-order chi connectivity index (χ1) is 9.08. The Morgan fingerprint density at radius 2 is 2.05 bits per heavy atom. The van der Waals surface area contributed by atoms with Crippen molar-refractivity contribution in [2.45, 2.75) is 50.0 Å². The summed E-state index contributed by atoms with van der Waals surface area (Å²) in [6.07, 6.45) is 6.39. The Labute approximate surface area is 128 Å². The molecule has 2 nitrogen and oxygen atoms in total. The van der Waals surface area contributed by atoms with E-state index < -0.39 is 0 Å². The molecule has 1 N–H and O–H groups in total. The van der Waals surface area contributed by atoms with Crippen LogP contribution in [0.3, 0.4) is 0 Å². The van der Waals surface area contributed by atoms with Gasteiger partial charge in [0, 0.05) is 15.4 Å². The molecule has 0 aromatic heterocycles. The van der Waals surface area contributed by atoms with Crippen molar-refractivity contribution >= 4 is 34.5 Å². The van der Waals surface area contributed by atoms with Gasteiger partial charge in [0.15, 0.2) is 0 Å². The number of nitrogens with one attached hydrogen (secondary N) is 1. The minimum absolute atomic E-state index is 0.0180. The molecule has 0 radical (unpaired) electrons. The summed E-state index contributed by atoms with van der Waals surface area (Å²) in [4.78, 5) is 13.0. The highest BCUT2D eigenvalue weighted by Crippen LogP contribution is 2.27. The molecule has 1 atom stereocenters. The van der Waals surface area contributed by atoms with E-state index in [1.165, 1.54) is 32.1 Å². The SMILES string of the molecule is CC(NC(=O)c1ccc(Br)cc1S)C1CCCCC1. The van der Waals surface area contributed by atoms with Gasteiger partial charge in [-0.2, -0.15) is 0 Å². The monoisotopic (exact) mass is 341 g/mol. The van der Waals surface area contributed by atoms with Gasteiger partial charge in [0.2, 0.25) is 0 Å². The molecule has 2 rings (SSSR count). The molecule has 0 saturated heterocycles. The Morgan fingerprint density at radius 1 is 1.37 bits per heavy atom. The van der Waals surface area contributed by atoms with Crippen LogP contribution in [-0.2, 0) is 0 Å². The van der Waals surface area contributed by atoms with Crippen molar-refractivity contribution in [3.63, 3.8) is 0 Å². The van der Waals surface area contributed by atoms with Crippen molar-refractivity contribution < 1.29 is 4.79 Å². The Morgan fingerprint density at radius 3 is 2.68 bits per heavy atom. The summed E-state index contributed by atoms with van der Waals surface area (Å²) < 4.78 is 0.939. The lowest BCUT2D eigenvalue weighted by atomic mass is 9.84. The summed E-state index contributed by atoms with van der Waals surface area (Å²) >= 11 is 7.74. The highest BCUT2D eigenvalue weighted by molar-refractivity contribution is 9.10. The topological polar surface area (TPSA) is 29.1 Å². The molecule has 0 heterocycles. The van der Waals surface area contributed by atoms with Gasteiger partial charge in [-0.05, 0) is 43.9 Å². The fourth-order valence-electron chi connectivity index (χ4n) is 2.73. The van der Waals surface area contributed by atoms with Crippen molar-refractivity contribution in [2.24, 2.45) is 5.92 Å². The van der Waals surface area contributed by atoms with E-state index in [0.717, 1.165) is 4.47 Å². The standard InChI is InChI=1S/C15H20BrNOS/c1-10(11-5-3-2-4-6-11)17-15(18)13-8-7-12(16)9-14(13)19/h7-11,19H,2-6H2,1H3,(H,17,18). The number of thiol groups is 1. The van der Waals surface area contributed by atoms with Gasteiger partial charge in [-0.25, -0.2) is 0 Å². The van der Waals surface area contributed by atoms with Gasteiger partial charge in [0.25, 0.3) is 5.91 Å². The van der Waals surface area contributed by atoms with E-state index in [2.05, 4.69) is 40.8 Å². The molecule has 1 unspecified atom stereocenters. The lowest BCUT2D eigenvalue weighted by Gasteiger charge is -2.28. The summed E-state index contributed by atoms with van der Waals surface area (Å²) in [6.45, 7) is 2.12. The summed E-state index contributed by atoms with van der Waals surface area (Å²) in [6, 6.07) is 5.78. The van der Waals surface area contributed by atoms with Crippen molar-refractivity contribution in [2.75, 3.05) is 0 Å². The summed E-state index contributed by atoms with van der Waals surface area (Å²) in [7, 11) is 0. The van der Waals surface area contributed by atoms with Crippen LogP contribution >= 0.6 is 28.6 Å². The lowest BCUT2D eigenvalue weighted by molar-refractivity contribution is 0.0916. The molecule has 4 heteroatoms. The van der Waals surface area contributed by atoms with Crippen LogP contribution in [-0.4, -0.2) is 11.9 Å². The number of halogens is 1. The third-order valence-electron chi connectivity index (χ3n) is 3.92. The number of hydrogen-bond donors (Lipinski definition) is 2. The molecule has 1 aliphatic carbocycles. The average molecular weight is 342 g/mol. The van der Waals surface area contributed by atoms with Crippen LogP contribution in [0.15, 0.2) is 27.6 Å². The lowest BCUT2D eigenvalue weighted by Crippen LogP contribution is -2.39. The molecule has 0 aliphatic heterocycles. The van der Waals surface area contributed by atoms with E-state index in [1.54, 1.807) is 0 Å². The third-order valence-corrected chi connectivity index (χ3v) is 4.78. The second kappa shape index (κ2) is 6.80.